The Bertz CT molecular complexity index is 566. The van der Waals surface area contributed by atoms with Gasteiger partial charge in [0.05, 0.1) is 18.7 Å². The molecule has 112 valence electrons. The zero-order valence-electron chi connectivity index (χ0n) is 12.1. The number of carbonyl (C=O) groups is 2. The molecule has 0 saturated carbocycles. The van der Waals surface area contributed by atoms with Crippen molar-refractivity contribution >= 4 is 11.9 Å². The molecule has 1 atom stereocenters. The van der Waals surface area contributed by atoms with Crippen molar-refractivity contribution in [2.45, 2.75) is 20.0 Å². The summed E-state index contributed by atoms with van der Waals surface area (Å²) in [5, 5.41) is 13.5. The van der Waals surface area contributed by atoms with Gasteiger partial charge in [0.1, 0.15) is 11.5 Å². The lowest BCUT2D eigenvalue weighted by Gasteiger charge is -2.15. The fourth-order valence-electron chi connectivity index (χ4n) is 1.50. The first-order chi connectivity index (χ1) is 9.99. The molecule has 1 aromatic rings. The minimum atomic E-state index is -0.897. The summed E-state index contributed by atoms with van der Waals surface area (Å²) in [6.45, 7) is 3.65. The number of urea groups is 1. The number of imide groups is 1. The number of nitrogens with one attached hydrogen (secondary N) is 2. The van der Waals surface area contributed by atoms with Crippen LogP contribution in [0.3, 0.4) is 0 Å². The molecule has 0 fully saturated rings. The van der Waals surface area contributed by atoms with Crippen LogP contribution in [-0.4, -0.2) is 31.7 Å². The molecule has 0 spiro atoms. The fourth-order valence-corrected chi connectivity index (χ4v) is 1.50. The number of carbonyl (C=O) groups excluding carboxylic acids is 2. The normalized spacial score (nSPS) is 11.0. The molecule has 2 N–H and O–H groups in total. The standard InChI is InChI=1S/C14H17N3O4/c1-4-16-14(19)17-13(18)9(2)21-12-6-10(8-15)5-11(7-12)20-3/h5-7,9H,4H2,1-3H3,(H2,16,17,18,19). The average molecular weight is 291 g/mol. The van der Waals surface area contributed by atoms with Crippen LogP contribution < -0.4 is 20.1 Å². The molecule has 0 radical (unpaired) electrons. The quantitative estimate of drug-likeness (QED) is 0.848. The van der Waals surface area contributed by atoms with Crippen LogP contribution in [0.1, 0.15) is 19.4 Å². The SMILES string of the molecule is CCNC(=O)NC(=O)C(C)Oc1cc(C#N)cc(OC)c1. The number of benzene rings is 1. The van der Waals surface area contributed by atoms with Crippen LogP contribution in [0, 0.1) is 11.3 Å². The molecule has 0 saturated heterocycles. The van der Waals surface area contributed by atoms with Crippen LogP contribution in [0.5, 0.6) is 11.5 Å². The van der Waals surface area contributed by atoms with Gasteiger partial charge in [-0.1, -0.05) is 0 Å². The molecule has 7 heteroatoms. The van der Waals surface area contributed by atoms with Crippen LogP contribution in [0.4, 0.5) is 4.79 Å². The smallest absolute Gasteiger partial charge is 0.321 e. The minimum absolute atomic E-state index is 0.310. The summed E-state index contributed by atoms with van der Waals surface area (Å²) in [5.41, 5.74) is 0.348. The molecule has 7 nitrogen and oxygen atoms in total. The third-order valence-electron chi connectivity index (χ3n) is 2.50. The molecule has 0 aromatic heterocycles. The summed E-state index contributed by atoms with van der Waals surface area (Å²) in [6.07, 6.45) is -0.897. The van der Waals surface area contributed by atoms with Crippen LogP contribution in [0.2, 0.25) is 0 Å². The van der Waals surface area contributed by atoms with Gasteiger partial charge < -0.3 is 14.8 Å². The molecular weight excluding hydrogens is 274 g/mol. The van der Waals surface area contributed by atoms with E-state index in [1.165, 1.54) is 20.1 Å². The Morgan fingerprint density at radius 2 is 2.00 bits per heavy atom. The summed E-state index contributed by atoms with van der Waals surface area (Å²) >= 11 is 0. The van der Waals surface area contributed by atoms with Crippen molar-refractivity contribution in [1.29, 1.82) is 5.26 Å². The van der Waals surface area contributed by atoms with Gasteiger partial charge in [-0.3, -0.25) is 10.1 Å². The van der Waals surface area contributed by atoms with Crippen molar-refractivity contribution in [3.8, 4) is 17.6 Å². The number of amides is 3. The van der Waals surface area contributed by atoms with Gasteiger partial charge in [-0.15, -0.1) is 0 Å². The third kappa shape index (κ3) is 5.03. The second-order valence-corrected chi connectivity index (χ2v) is 4.12. The first-order valence-electron chi connectivity index (χ1n) is 6.34. The summed E-state index contributed by atoms with van der Waals surface area (Å²) in [5.74, 6) is 0.173. The Kier molecular flexibility index (Phi) is 6.01. The van der Waals surface area contributed by atoms with E-state index in [2.05, 4.69) is 10.6 Å². The van der Waals surface area contributed by atoms with Crippen molar-refractivity contribution in [3.63, 3.8) is 0 Å². The number of nitrogens with zero attached hydrogens (tertiary/aromatic N) is 1. The topological polar surface area (TPSA) is 100 Å². The molecule has 1 rings (SSSR count). The Balaban J connectivity index is 2.74. The maximum Gasteiger partial charge on any atom is 0.321 e. The van der Waals surface area contributed by atoms with E-state index >= 15 is 0 Å². The Morgan fingerprint density at radius 1 is 1.33 bits per heavy atom. The number of methoxy groups -OCH3 is 1. The van der Waals surface area contributed by atoms with Gasteiger partial charge in [0.2, 0.25) is 0 Å². The molecule has 21 heavy (non-hydrogen) atoms. The van der Waals surface area contributed by atoms with Crippen molar-refractivity contribution in [2.24, 2.45) is 0 Å². The first-order valence-corrected chi connectivity index (χ1v) is 6.34. The Labute approximate surface area is 122 Å². The lowest BCUT2D eigenvalue weighted by atomic mass is 10.2. The second kappa shape index (κ2) is 7.75. The largest absolute Gasteiger partial charge is 0.497 e. The van der Waals surface area contributed by atoms with E-state index < -0.39 is 18.0 Å². The van der Waals surface area contributed by atoms with Crippen molar-refractivity contribution in [1.82, 2.24) is 10.6 Å². The number of hydrogen-bond donors (Lipinski definition) is 2. The maximum atomic E-state index is 11.7. The number of hydrogen-bond acceptors (Lipinski definition) is 5. The van der Waals surface area contributed by atoms with Gasteiger partial charge >= 0.3 is 6.03 Å². The summed E-state index contributed by atoms with van der Waals surface area (Å²) in [7, 11) is 1.46. The molecule has 1 unspecified atom stereocenters. The zero-order valence-corrected chi connectivity index (χ0v) is 12.1. The molecule has 0 aliphatic rings. The highest BCUT2D eigenvalue weighted by atomic mass is 16.5. The highest BCUT2D eigenvalue weighted by Gasteiger charge is 2.17. The lowest BCUT2D eigenvalue weighted by Crippen LogP contribution is -2.45. The molecule has 1 aromatic carbocycles. The van der Waals surface area contributed by atoms with E-state index in [4.69, 9.17) is 14.7 Å². The monoisotopic (exact) mass is 291 g/mol. The third-order valence-corrected chi connectivity index (χ3v) is 2.50. The van der Waals surface area contributed by atoms with Gasteiger partial charge in [0, 0.05) is 12.6 Å². The minimum Gasteiger partial charge on any atom is -0.497 e. The van der Waals surface area contributed by atoms with E-state index in [0.717, 1.165) is 0 Å². The zero-order chi connectivity index (χ0) is 15.8. The number of rotatable bonds is 5. The highest BCUT2D eigenvalue weighted by molar-refractivity contribution is 5.96. The second-order valence-electron chi connectivity index (χ2n) is 4.12. The number of ether oxygens (including phenoxy) is 2. The molecule has 0 bridgehead atoms. The first kappa shape index (κ1) is 16.3. The molecular formula is C14H17N3O4. The van der Waals surface area contributed by atoms with Crippen molar-refractivity contribution in [2.75, 3.05) is 13.7 Å². The lowest BCUT2D eigenvalue weighted by molar-refractivity contribution is -0.126. The van der Waals surface area contributed by atoms with Crippen LogP contribution in [0.15, 0.2) is 18.2 Å². The van der Waals surface area contributed by atoms with Gasteiger partial charge in [-0.25, -0.2) is 4.79 Å². The van der Waals surface area contributed by atoms with Gasteiger partial charge in [0.15, 0.2) is 6.10 Å². The van der Waals surface area contributed by atoms with Crippen molar-refractivity contribution < 1.29 is 19.1 Å². The van der Waals surface area contributed by atoms with Gasteiger partial charge in [-0.05, 0) is 26.0 Å². The molecule has 0 heterocycles. The predicted molar refractivity (Wildman–Crippen MR) is 75.0 cm³/mol. The van der Waals surface area contributed by atoms with E-state index in [0.29, 0.717) is 23.6 Å². The maximum absolute atomic E-state index is 11.7. The van der Waals surface area contributed by atoms with E-state index in [1.54, 1.807) is 19.1 Å². The van der Waals surface area contributed by atoms with Crippen LogP contribution in [-0.2, 0) is 4.79 Å². The van der Waals surface area contributed by atoms with Gasteiger partial charge in [0.25, 0.3) is 5.91 Å². The van der Waals surface area contributed by atoms with Gasteiger partial charge in [-0.2, -0.15) is 5.26 Å². The Morgan fingerprint density at radius 3 is 2.57 bits per heavy atom. The summed E-state index contributed by atoms with van der Waals surface area (Å²) in [4.78, 5) is 23.0. The highest BCUT2D eigenvalue weighted by Crippen LogP contribution is 2.23. The van der Waals surface area contributed by atoms with E-state index in [1.807, 2.05) is 6.07 Å². The number of nitriles is 1. The summed E-state index contributed by atoms with van der Waals surface area (Å²) in [6, 6.07) is 5.97. The van der Waals surface area contributed by atoms with E-state index in [-0.39, 0.29) is 0 Å². The predicted octanol–water partition coefficient (Wildman–Crippen LogP) is 1.18. The Hall–Kier alpha value is -2.75. The average Bonchev–Trinajstić information content (AvgIpc) is 2.46. The fraction of sp³-hybridized carbons (Fsp3) is 0.357. The van der Waals surface area contributed by atoms with Crippen LogP contribution >= 0.6 is 0 Å². The molecule has 0 aliphatic carbocycles. The molecule has 0 aliphatic heterocycles. The van der Waals surface area contributed by atoms with Crippen molar-refractivity contribution in [3.05, 3.63) is 23.8 Å². The molecule has 3 amide bonds. The van der Waals surface area contributed by atoms with Crippen LogP contribution in [0.25, 0.3) is 0 Å². The summed E-state index contributed by atoms with van der Waals surface area (Å²) < 4.78 is 10.5. The van der Waals surface area contributed by atoms with E-state index in [9.17, 15) is 9.59 Å².